The van der Waals surface area contributed by atoms with E-state index in [1.165, 1.54) is 21.4 Å². The fourth-order valence-electron chi connectivity index (χ4n) is 5.34. The van der Waals surface area contributed by atoms with Gasteiger partial charge in [0.05, 0.1) is 29.8 Å². The van der Waals surface area contributed by atoms with Gasteiger partial charge in [0.1, 0.15) is 35.5 Å². The maximum absolute atomic E-state index is 15.2. The number of aromatic hydroxyl groups is 1. The monoisotopic (exact) mass is 631 g/mol. The molecule has 1 fully saturated rings. The Morgan fingerprint density at radius 3 is 2.59 bits per heavy atom. The SMILES string of the molecule is CN1CCN(c2cc(NC(=O)Cn3cc(-c4cc(C=O)c(O)c(F)c4F)c4c(=O)n5c(nc43)COCC5)c(Cl)c(F)n2)CC1. The molecule has 16 heteroatoms. The topological polar surface area (TPSA) is 135 Å². The van der Waals surface area contributed by atoms with E-state index in [1.807, 2.05) is 11.9 Å². The molecule has 1 amide bonds. The maximum atomic E-state index is 15.2. The summed E-state index contributed by atoms with van der Waals surface area (Å²) in [5.74, 6) is -5.48. The third-order valence-corrected chi connectivity index (χ3v) is 8.05. The van der Waals surface area contributed by atoms with Crippen molar-refractivity contribution in [2.45, 2.75) is 19.7 Å². The van der Waals surface area contributed by atoms with Gasteiger partial charge in [0.2, 0.25) is 17.7 Å². The van der Waals surface area contributed by atoms with Gasteiger partial charge in [-0.1, -0.05) is 11.6 Å². The number of pyridine rings is 1. The number of carbonyl (C=O) groups is 2. The van der Waals surface area contributed by atoms with Gasteiger partial charge in [-0.25, -0.2) is 14.4 Å². The van der Waals surface area contributed by atoms with Crippen molar-refractivity contribution in [3.05, 3.63) is 62.7 Å². The smallest absolute Gasteiger partial charge is 0.263 e. The number of rotatable bonds is 6. The lowest BCUT2D eigenvalue weighted by Gasteiger charge is -2.33. The average molecular weight is 632 g/mol. The van der Waals surface area contributed by atoms with Crippen LogP contribution in [0.4, 0.5) is 24.7 Å². The number of anilines is 2. The Morgan fingerprint density at radius 2 is 1.86 bits per heavy atom. The van der Waals surface area contributed by atoms with Crippen molar-refractivity contribution >= 4 is 46.3 Å². The van der Waals surface area contributed by atoms with Gasteiger partial charge in [-0.05, 0) is 13.1 Å². The molecule has 0 unspecified atom stereocenters. The summed E-state index contributed by atoms with van der Waals surface area (Å²) in [6.45, 7) is 2.51. The van der Waals surface area contributed by atoms with E-state index in [1.54, 1.807) is 0 Å². The van der Waals surface area contributed by atoms with Gasteiger partial charge in [0.15, 0.2) is 17.9 Å². The van der Waals surface area contributed by atoms with E-state index in [9.17, 15) is 28.3 Å². The summed E-state index contributed by atoms with van der Waals surface area (Å²) >= 11 is 6.15. The molecule has 3 aromatic heterocycles. The molecular weight excluding hydrogens is 607 g/mol. The van der Waals surface area contributed by atoms with Gasteiger partial charge in [0.25, 0.3) is 5.56 Å². The molecule has 44 heavy (non-hydrogen) atoms. The van der Waals surface area contributed by atoms with E-state index in [0.717, 1.165) is 19.2 Å². The van der Waals surface area contributed by atoms with Crippen LogP contribution >= 0.6 is 11.6 Å². The van der Waals surface area contributed by atoms with Crippen LogP contribution in [0.5, 0.6) is 5.75 Å². The Balaban J connectivity index is 1.41. The van der Waals surface area contributed by atoms with Crippen LogP contribution in [0.15, 0.2) is 23.1 Å². The molecule has 1 saturated heterocycles. The minimum absolute atomic E-state index is 0.00362. The van der Waals surface area contributed by atoms with Crippen LogP contribution in [0.25, 0.3) is 22.2 Å². The predicted molar refractivity (Wildman–Crippen MR) is 154 cm³/mol. The Labute approximate surface area is 252 Å². The van der Waals surface area contributed by atoms with Crippen molar-refractivity contribution in [1.29, 1.82) is 0 Å². The van der Waals surface area contributed by atoms with Crippen molar-refractivity contribution in [1.82, 2.24) is 24.0 Å². The Bertz CT molecular complexity index is 1890. The summed E-state index contributed by atoms with van der Waals surface area (Å²) in [5.41, 5.74) is -1.86. The first-order valence-corrected chi connectivity index (χ1v) is 13.9. The van der Waals surface area contributed by atoms with Crippen LogP contribution in [0.1, 0.15) is 16.2 Å². The molecule has 0 radical (unpaired) electrons. The summed E-state index contributed by atoms with van der Waals surface area (Å²) in [7, 11) is 1.97. The number of hydrogen-bond acceptors (Lipinski definition) is 9. The summed E-state index contributed by atoms with van der Waals surface area (Å²) in [5, 5.41) is 11.9. The number of aromatic nitrogens is 4. The number of nitrogens with zero attached hydrogens (tertiary/aromatic N) is 6. The molecule has 12 nitrogen and oxygen atoms in total. The highest BCUT2D eigenvalue weighted by atomic mass is 35.5. The van der Waals surface area contributed by atoms with Crippen molar-refractivity contribution in [2.24, 2.45) is 0 Å². The second-order valence-corrected chi connectivity index (χ2v) is 10.9. The second-order valence-electron chi connectivity index (χ2n) is 10.5. The number of phenols is 1. The number of likely N-dealkylation sites (N-methyl/N-ethyl adjacent to an activating group) is 1. The lowest BCUT2D eigenvalue weighted by Crippen LogP contribution is -2.44. The molecule has 1 aromatic carbocycles. The molecule has 2 N–H and O–H groups in total. The first-order chi connectivity index (χ1) is 21.1. The van der Waals surface area contributed by atoms with Gasteiger partial charge in [-0.15, -0.1) is 0 Å². The number of fused-ring (bicyclic) bond motifs is 2. The first-order valence-electron chi connectivity index (χ1n) is 13.5. The van der Waals surface area contributed by atoms with Gasteiger partial charge in [-0.2, -0.15) is 8.78 Å². The standard InChI is InChI=1S/C28H25ClF3N7O5/c1-36-2-4-37(5-3-36)18-9-17(22(29)26(32)34-18)33-20(41)11-38-10-16(15-8-14(12-40)25(42)24(31)23(15)30)21-27(38)35-19-13-44-7-6-39(19)28(21)43/h8-10,12,42H,2-7,11,13H2,1H3,(H,33,34,41). The van der Waals surface area contributed by atoms with E-state index in [4.69, 9.17) is 16.3 Å². The Morgan fingerprint density at radius 1 is 1.11 bits per heavy atom. The minimum Gasteiger partial charge on any atom is -0.504 e. The van der Waals surface area contributed by atoms with Crippen molar-refractivity contribution in [3.8, 4) is 16.9 Å². The molecule has 5 heterocycles. The summed E-state index contributed by atoms with van der Waals surface area (Å²) < 4.78 is 52.4. The van der Waals surface area contributed by atoms with Crippen LogP contribution < -0.4 is 15.8 Å². The highest BCUT2D eigenvalue weighted by Crippen LogP contribution is 2.36. The van der Waals surface area contributed by atoms with Crippen molar-refractivity contribution in [3.63, 3.8) is 0 Å². The van der Waals surface area contributed by atoms with Gasteiger partial charge < -0.3 is 29.5 Å². The number of nitrogens with one attached hydrogen (secondary N) is 1. The molecule has 0 saturated carbocycles. The number of amides is 1. The van der Waals surface area contributed by atoms with Gasteiger partial charge in [-0.3, -0.25) is 19.0 Å². The lowest BCUT2D eigenvalue weighted by molar-refractivity contribution is -0.116. The van der Waals surface area contributed by atoms with Crippen LogP contribution in [0.3, 0.4) is 0 Å². The molecule has 2 aliphatic heterocycles. The first kappa shape index (κ1) is 29.6. The highest BCUT2D eigenvalue weighted by Gasteiger charge is 2.27. The van der Waals surface area contributed by atoms with Gasteiger partial charge in [0, 0.05) is 49.6 Å². The molecule has 230 valence electrons. The van der Waals surface area contributed by atoms with Crippen LogP contribution in [-0.4, -0.2) is 81.1 Å². The van der Waals surface area contributed by atoms with E-state index in [-0.39, 0.29) is 54.2 Å². The Kier molecular flexibility index (Phi) is 7.77. The van der Waals surface area contributed by atoms with E-state index >= 15 is 4.39 Å². The zero-order valence-corrected chi connectivity index (χ0v) is 24.0. The average Bonchev–Trinajstić information content (AvgIpc) is 3.36. The van der Waals surface area contributed by atoms with Crippen LogP contribution in [0, 0.1) is 17.6 Å². The normalized spacial score (nSPS) is 15.4. The molecular formula is C28H25ClF3N7O5. The fourth-order valence-corrected chi connectivity index (χ4v) is 5.48. The lowest BCUT2D eigenvalue weighted by atomic mass is 10.0. The molecule has 0 bridgehead atoms. The molecule has 4 aromatic rings. The fraction of sp³-hybridized carbons (Fsp3) is 0.321. The molecule has 0 atom stereocenters. The number of hydrogen-bond donors (Lipinski definition) is 2. The summed E-state index contributed by atoms with van der Waals surface area (Å²) in [6, 6.07) is 2.37. The minimum atomic E-state index is -1.67. The molecule has 2 aliphatic rings. The zero-order chi connectivity index (χ0) is 31.3. The molecule has 6 rings (SSSR count). The van der Waals surface area contributed by atoms with Crippen molar-refractivity contribution in [2.75, 3.05) is 50.1 Å². The molecule has 0 aliphatic carbocycles. The zero-order valence-electron chi connectivity index (χ0n) is 23.2. The molecule has 0 spiro atoms. The number of benzene rings is 1. The quantitative estimate of drug-likeness (QED) is 0.243. The largest absolute Gasteiger partial charge is 0.504 e. The van der Waals surface area contributed by atoms with E-state index < -0.39 is 57.5 Å². The third kappa shape index (κ3) is 5.16. The van der Waals surface area contributed by atoms with E-state index in [0.29, 0.717) is 18.9 Å². The number of aldehydes is 1. The number of carbonyl (C=O) groups excluding carboxylic acids is 2. The third-order valence-electron chi connectivity index (χ3n) is 7.69. The second kappa shape index (κ2) is 11.6. The maximum Gasteiger partial charge on any atom is 0.263 e. The number of halogens is 4. The predicted octanol–water partition coefficient (Wildman–Crippen LogP) is 2.77. The van der Waals surface area contributed by atoms with Crippen molar-refractivity contribution < 1.29 is 32.6 Å². The number of phenolic OH excluding ortho intramolecular Hbond substituents is 1. The summed E-state index contributed by atoms with van der Waals surface area (Å²) in [4.78, 5) is 50.8. The number of piperazine rings is 1. The Hall–Kier alpha value is -4.47. The van der Waals surface area contributed by atoms with Gasteiger partial charge >= 0.3 is 0 Å². The van der Waals surface area contributed by atoms with Crippen LogP contribution in [-0.2, 0) is 29.2 Å². The van der Waals surface area contributed by atoms with E-state index in [2.05, 4.69) is 20.2 Å². The summed E-state index contributed by atoms with van der Waals surface area (Å²) in [6.07, 6.45) is 1.37. The number of ether oxygens (including phenoxy) is 1. The highest BCUT2D eigenvalue weighted by molar-refractivity contribution is 6.33. The van der Waals surface area contributed by atoms with Crippen LogP contribution in [0.2, 0.25) is 5.02 Å².